The topological polar surface area (TPSA) is 109 Å². The van der Waals surface area contributed by atoms with Crippen molar-refractivity contribution in [2.75, 3.05) is 11.9 Å². The van der Waals surface area contributed by atoms with Crippen molar-refractivity contribution in [3.63, 3.8) is 0 Å². The van der Waals surface area contributed by atoms with Gasteiger partial charge >= 0.3 is 6.03 Å². The first-order valence-electron chi connectivity index (χ1n) is 7.61. The minimum Gasteiger partial charge on any atom is -0.337 e. The number of urea groups is 1. The number of nitrogens with two attached hydrogens (primary N) is 1. The van der Waals surface area contributed by atoms with Crippen molar-refractivity contribution in [2.45, 2.75) is 26.2 Å². The van der Waals surface area contributed by atoms with Gasteiger partial charge in [-0.05, 0) is 30.4 Å². The Bertz CT molecular complexity index is 684. The highest BCUT2D eigenvalue weighted by Crippen LogP contribution is 2.17. The molecule has 1 aromatic heterocycles. The number of nitrogens with zero attached hydrogens (tertiary/aromatic N) is 1. The number of nitrogens with one attached hydrogen (secondary N) is 3. The average Bonchev–Trinajstić information content (AvgIpc) is 3.00. The van der Waals surface area contributed by atoms with E-state index in [1.54, 1.807) is 0 Å². The number of benzene rings is 1. The molecule has 0 saturated carbocycles. The van der Waals surface area contributed by atoms with E-state index in [9.17, 15) is 9.59 Å². The monoisotopic (exact) mass is 347 g/mol. The van der Waals surface area contributed by atoms with E-state index in [0.717, 1.165) is 30.5 Å². The molecule has 1 aromatic carbocycles. The lowest BCUT2D eigenvalue weighted by Crippen LogP contribution is -2.40. The van der Waals surface area contributed by atoms with E-state index >= 15 is 0 Å². The van der Waals surface area contributed by atoms with Gasteiger partial charge < -0.3 is 10.6 Å². The van der Waals surface area contributed by atoms with Crippen molar-refractivity contribution >= 4 is 28.4 Å². The normalized spacial score (nSPS) is 10.2. The van der Waals surface area contributed by atoms with E-state index in [4.69, 9.17) is 5.84 Å². The first-order valence-corrected chi connectivity index (χ1v) is 8.49. The Hall–Kier alpha value is -2.45. The summed E-state index contributed by atoms with van der Waals surface area (Å²) in [5, 5.41) is 7.94. The second-order valence-electron chi connectivity index (χ2n) is 5.29. The minimum absolute atomic E-state index is 0.107. The van der Waals surface area contributed by atoms with Crippen molar-refractivity contribution in [3.05, 3.63) is 46.5 Å². The highest BCUT2D eigenvalue weighted by atomic mass is 32.1. The van der Waals surface area contributed by atoms with Crippen molar-refractivity contribution in [1.29, 1.82) is 0 Å². The van der Waals surface area contributed by atoms with Gasteiger partial charge in [-0.1, -0.05) is 24.3 Å². The van der Waals surface area contributed by atoms with Crippen LogP contribution < -0.4 is 21.9 Å². The molecule has 5 N–H and O–H groups in total. The quantitative estimate of drug-likeness (QED) is 0.346. The molecular weight excluding hydrogens is 326 g/mol. The van der Waals surface area contributed by atoms with Gasteiger partial charge in [-0.3, -0.25) is 10.2 Å². The van der Waals surface area contributed by atoms with Crippen LogP contribution >= 0.6 is 11.3 Å². The van der Waals surface area contributed by atoms with Crippen LogP contribution in [0.1, 0.15) is 23.7 Å². The summed E-state index contributed by atoms with van der Waals surface area (Å²) in [6.45, 7) is 2.01. The van der Waals surface area contributed by atoms with Gasteiger partial charge in [0.05, 0.1) is 5.69 Å². The van der Waals surface area contributed by atoms with E-state index in [2.05, 4.69) is 39.9 Å². The molecule has 2 aromatic rings. The number of thiazole rings is 1. The Morgan fingerprint density at radius 2 is 1.79 bits per heavy atom. The van der Waals surface area contributed by atoms with Crippen LogP contribution in [0.4, 0.5) is 9.93 Å². The largest absolute Gasteiger partial charge is 0.337 e. The molecule has 0 unspecified atom stereocenters. The summed E-state index contributed by atoms with van der Waals surface area (Å²) in [4.78, 5) is 26.3. The molecule has 128 valence electrons. The van der Waals surface area contributed by atoms with E-state index in [1.165, 1.54) is 23.8 Å². The summed E-state index contributed by atoms with van der Waals surface area (Å²) >= 11 is 1.44. The molecule has 0 atom stereocenters. The number of amides is 3. The molecular formula is C16H21N5O2S. The van der Waals surface area contributed by atoms with Gasteiger partial charge in [-0.2, -0.15) is 0 Å². The number of aromatic nitrogens is 1. The first kappa shape index (κ1) is 17.9. The predicted octanol–water partition coefficient (Wildman–Crippen LogP) is 1.60. The van der Waals surface area contributed by atoms with Crippen LogP contribution in [-0.4, -0.2) is 23.5 Å². The van der Waals surface area contributed by atoms with Crippen LogP contribution in [0, 0.1) is 0 Å². The van der Waals surface area contributed by atoms with Gasteiger partial charge in [-0.25, -0.2) is 15.6 Å². The fourth-order valence-electron chi connectivity index (χ4n) is 2.15. The molecule has 1 heterocycles. The van der Waals surface area contributed by atoms with E-state index in [0.29, 0.717) is 11.7 Å². The van der Waals surface area contributed by atoms with Crippen LogP contribution in [0.2, 0.25) is 0 Å². The molecule has 24 heavy (non-hydrogen) atoms. The van der Waals surface area contributed by atoms with Gasteiger partial charge in [0.2, 0.25) is 5.91 Å². The molecule has 7 nitrogen and oxygen atoms in total. The van der Waals surface area contributed by atoms with Crippen LogP contribution in [-0.2, 0) is 24.1 Å². The van der Waals surface area contributed by atoms with Gasteiger partial charge in [-0.15, -0.1) is 11.3 Å². The summed E-state index contributed by atoms with van der Waals surface area (Å²) in [5.74, 6) is 4.88. The predicted molar refractivity (Wildman–Crippen MR) is 94.7 cm³/mol. The maximum Gasteiger partial charge on any atom is 0.328 e. The number of carbonyl (C=O) groups excluding carboxylic acids is 2. The molecule has 0 fully saturated rings. The third-order valence-electron chi connectivity index (χ3n) is 3.36. The van der Waals surface area contributed by atoms with Crippen molar-refractivity contribution in [2.24, 2.45) is 5.84 Å². The summed E-state index contributed by atoms with van der Waals surface area (Å²) in [6, 6.07) is 7.90. The smallest absolute Gasteiger partial charge is 0.328 e. The summed E-state index contributed by atoms with van der Waals surface area (Å²) in [6.07, 6.45) is 2.46. The second-order valence-corrected chi connectivity index (χ2v) is 6.15. The third-order valence-corrected chi connectivity index (χ3v) is 4.16. The standard InChI is InChI=1S/C16H21N5O2S/c1-11(22)19-16-20-14(10-24-16)7-6-12-2-4-13(5-3-12)8-9-18-15(23)21-17/h2-5,10H,6-9,17H2,1H3,(H2,18,21,23)(H,19,20,22). The number of hydrogen-bond donors (Lipinski definition) is 4. The molecule has 0 aliphatic heterocycles. The molecule has 0 aliphatic rings. The molecule has 0 spiro atoms. The number of aryl methyl sites for hydroxylation is 2. The maximum absolute atomic E-state index is 11.0. The van der Waals surface area contributed by atoms with Crippen LogP contribution in [0.3, 0.4) is 0 Å². The van der Waals surface area contributed by atoms with Gasteiger partial charge in [0, 0.05) is 18.8 Å². The molecule has 2 rings (SSSR count). The van der Waals surface area contributed by atoms with E-state index in [1.807, 2.05) is 10.8 Å². The fraction of sp³-hybridized carbons (Fsp3) is 0.312. The average molecular weight is 347 g/mol. The third kappa shape index (κ3) is 5.98. The minimum atomic E-state index is -0.381. The Labute approximate surface area is 144 Å². The molecule has 0 bridgehead atoms. The van der Waals surface area contributed by atoms with Crippen LogP contribution in [0.5, 0.6) is 0 Å². The molecule has 0 saturated heterocycles. The van der Waals surface area contributed by atoms with Crippen LogP contribution in [0.15, 0.2) is 29.6 Å². The summed E-state index contributed by atoms with van der Waals surface area (Å²) in [5.41, 5.74) is 5.38. The van der Waals surface area contributed by atoms with Crippen molar-refractivity contribution in [1.82, 2.24) is 15.7 Å². The summed E-state index contributed by atoms with van der Waals surface area (Å²) < 4.78 is 0. The van der Waals surface area contributed by atoms with Gasteiger partial charge in [0.15, 0.2) is 5.13 Å². The lowest BCUT2D eigenvalue weighted by molar-refractivity contribution is -0.114. The molecule has 8 heteroatoms. The first-order chi connectivity index (χ1) is 11.6. The highest BCUT2D eigenvalue weighted by molar-refractivity contribution is 7.13. The Morgan fingerprint density at radius 3 is 2.42 bits per heavy atom. The summed E-state index contributed by atoms with van der Waals surface area (Å²) in [7, 11) is 0. The number of hydrogen-bond acceptors (Lipinski definition) is 5. The Morgan fingerprint density at radius 1 is 1.12 bits per heavy atom. The SMILES string of the molecule is CC(=O)Nc1nc(CCc2ccc(CCNC(=O)NN)cc2)cs1. The zero-order valence-corrected chi connectivity index (χ0v) is 14.3. The number of anilines is 1. The van der Waals surface area contributed by atoms with Gasteiger partial charge in [0.25, 0.3) is 0 Å². The molecule has 0 aliphatic carbocycles. The Balaban J connectivity index is 1.78. The van der Waals surface area contributed by atoms with Gasteiger partial charge in [0.1, 0.15) is 0 Å². The molecule has 0 radical (unpaired) electrons. The van der Waals surface area contributed by atoms with E-state index < -0.39 is 0 Å². The second kappa shape index (κ2) is 8.99. The van der Waals surface area contributed by atoms with Crippen molar-refractivity contribution in [3.8, 4) is 0 Å². The zero-order valence-electron chi connectivity index (χ0n) is 13.5. The highest BCUT2D eigenvalue weighted by Gasteiger charge is 2.04. The maximum atomic E-state index is 11.0. The van der Waals surface area contributed by atoms with E-state index in [-0.39, 0.29) is 11.9 Å². The lowest BCUT2D eigenvalue weighted by Gasteiger charge is -2.05. The lowest BCUT2D eigenvalue weighted by atomic mass is 10.0. The number of rotatable bonds is 7. The van der Waals surface area contributed by atoms with Crippen molar-refractivity contribution < 1.29 is 9.59 Å². The fourth-order valence-corrected chi connectivity index (χ4v) is 2.94. The molecule has 3 amide bonds. The number of carbonyl (C=O) groups is 2. The Kier molecular flexibility index (Phi) is 6.71. The number of hydrazine groups is 1. The zero-order chi connectivity index (χ0) is 17.4. The van der Waals surface area contributed by atoms with Crippen LogP contribution in [0.25, 0.3) is 0 Å².